The fourth-order valence-electron chi connectivity index (χ4n) is 3.46. The third kappa shape index (κ3) is 3.65. The number of benzene rings is 1. The number of rotatable bonds is 6. The number of ether oxygens (including phenoxy) is 3. The van der Waals surface area contributed by atoms with Crippen LogP contribution < -0.4 is 9.47 Å². The molecule has 1 atom stereocenters. The van der Waals surface area contributed by atoms with Crippen molar-refractivity contribution in [3.05, 3.63) is 24.3 Å². The Hall–Kier alpha value is -1.79. The number of aliphatic carboxylic acids is 1. The Bertz CT molecular complexity index is 562. The minimum Gasteiger partial charge on any atom is -0.493 e. The van der Waals surface area contributed by atoms with Crippen molar-refractivity contribution in [2.24, 2.45) is 5.92 Å². The number of likely N-dealkylation sites (tertiary alicyclic amines) is 1. The molecule has 0 radical (unpaired) electrons. The summed E-state index contributed by atoms with van der Waals surface area (Å²) < 4.78 is 16.7. The van der Waals surface area contributed by atoms with Crippen molar-refractivity contribution in [3.8, 4) is 11.5 Å². The van der Waals surface area contributed by atoms with E-state index in [0.717, 1.165) is 39.3 Å². The first-order chi connectivity index (χ1) is 11.6. The summed E-state index contributed by atoms with van der Waals surface area (Å²) >= 11 is 0. The van der Waals surface area contributed by atoms with Crippen molar-refractivity contribution in [2.45, 2.75) is 24.9 Å². The maximum absolute atomic E-state index is 11.9. The minimum atomic E-state index is -1.18. The highest BCUT2D eigenvalue weighted by Gasteiger charge is 2.44. The Morgan fingerprint density at radius 2 is 2.04 bits per heavy atom. The van der Waals surface area contributed by atoms with Gasteiger partial charge in [-0.1, -0.05) is 12.1 Å². The molecule has 2 aliphatic heterocycles. The third-order valence-electron chi connectivity index (χ3n) is 4.97. The van der Waals surface area contributed by atoms with Crippen molar-refractivity contribution in [2.75, 3.05) is 40.0 Å². The minimum absolute atomic E-state index is 0.466. The molecule has 2 fully saturated rings. The first kappa shape index (κ1) is 17.0. The van der Waals surface area contributed by atoms with Gasteiger partial charge in [0.1, 0.15) is 0 Å². The second kappa shape index (κ2) is 7.40. The zero-order chi connectivity index (χ0) is 17.0. The normalized spacial score (nSPS) is 23.8. The van der Waals surface area contributed by atoms with Crippen molar-refractivity contribution in [1.82, 2.24) is 4.90 Å². The topological polar surface area (TPSA) is 68.2 Å². The summed E-state index contributed by atoms with van der Waals surface area (Å²) in [4.78, 5) is 14.3. The van der Waals surface area contributed by atoms with Crippen LogP contribution in [0, 0.1) is 5.92 Å². The van der Waals surface area contributed by atoms with Gasteiger partial charge in [-0.15, -0.1) is 0 Å². The maximum Gasteiger partial charge on any atom is 0.348 e. The van der Waals surface area contributed by atoms with Crippen LogP contribution in [0.2, 0.25) is 0 Å². The number of hydrogen-bond donors (Lipinski definition) is 1. The van der Waals surface area contributed by atoms with E-state index in [4.69, 9.17) is 14.2 Å². The zero-order valence-electron chi connectivity index (χ0n) is 14.1. The van der Waals surface area contributed by atoms with Gasteiger partial charge in [0, 0.05) is 39.1 Å². The molecule has 1 N–H and O–H groups in total. The Balaban J connectivity index is 1.66. The number of carboxylic acids is 1. The predicted molar refractivity (Wildman–Crippen MR) is 88.6 cm³/mol. The fraction of sp³-hybridized carbons (Fsp3) is 0.611. The average molecular weight is 335 g/mol. The molecule has 0 saturated carbocycles. The van der Waals surface area contributed by atoms with E-state index >= 15 is 0 Å². The van der Waals surface area contributed by atoms with Crippen LogP contribution in [0.25, 0.3) is 0 Å². The Morgan fingerprint density at radius 3 is 2.62 bits per heavy atom. The van der Waals surface area contributed by atoms with Gasteiger partial charge in [-0.25, -0.2) is 4.79 Å². The van der Waals surface area contributed by atoms with Crippen LogP contribution in [0.1, 0.15) is 19.3 Å². The molecule has 6 nitrogen and oxygen atoms in total. The van der Waals surface area contributed by atoms with Gasteiger partial charge in [-0.2, -0.15) is 0 Å². The number of methoxy groups -OCH3 is 1. The molecule has 0 aliphatic carbocycles. The third-order valence-corrected chi connectivity index (χ3v) is 4.97. The van der Waals surface area contributed by atoms with Crippen LogP contribution >= 0.6 is 0 Å². The Labute approximate surface area is 142 Å². The zero-order valence-corrected chi connectivity index (χ0v) is 14.1. The molecule has 0 bridgehead atoms. The summed E-state index contributed by atoms with van der Waals surface area (Å²) in [5, 5.41) is 9.78. The summed E-state index contributed by atoms with van der Waals surface area (Å²) in [6.07, 6.45) is 2.03. The number of nitrogens with zero attached hydrogens (tertiary/aromatic N) is 1. The van der Waals surface area contributed by atoms with E-state index in [-0.39, 0.29) is 0 Å². The number of hydrogen-bond acceptors (Lipinski definition) is 5. The lowest BCUT2D eigenvalue weighted by atomic mass is 9.90. The molecule has 0 aromatic heterocycles. The first-order valence-electron chi connectivity index (χ1n) is 8.48. The largest absolute Gasteiger partial charge is 0.493 e. The summed E-state index contributed by atoms with van der Waals surface area (Å²) in [6.45, 7) is 4.08. The standard InChI is InChI=1S/C18H25NO5/c1-22-15-4-2-3-5-16(15)24-18(17(20)21)7-9-19(10-8-18)12-14-6-11-23-13-14/h2-5,14H,6-13H2,1H3,(H,20,21)/t14-/m0/s1. The van der Waals surface area contributed by atoms with Crippen LogP contribution in [0.3, 0.4) is 0 Å². The van der Waals surface area contributed by atoms with Crippen LogP contribution in [0.15, 0.2) is 24.3 Å². The molecular formula is C18H25NO5. The number of piperidine rings is 1. The van der Waals surface area contributed by atoms with E-state index < -0.39 is 11.6 Å². The molecule has 132 valence electrons. The summed E-state index contributed by atoms with van der Waals surface area (Å²) in [5.41, 5.74) is -1.18. The second-order valence-electron chi connectivity index (χ2n) is 6.58. The quantitative estimate of drug-likeness (QED) is 0.858. The fourth-order valence-corrected chi connectivity index (χ4v) is 3.46. The van der Waals surface area contributed by atoms with Gasteiger partial charge in [-0.05, 0) is 24.5 Å². The van der Waals surface area contributed by atoms with Gasteiger partial charge in [0.05, 0.1) is 13.7 Å². The van der Waals surface area contributed by atoms with Crippen molar-refractivity contribution >= 4 is 5.97 Å². The van der Waals surface area contributed by atoms with Gasteiger partial charge in [-0.3, -0.25) is 0 Å². The highest BCUT2D eigenvalue weighted by atomic mass is 16.5. The molecule has 2 aliphatic rings. The van der Waals surface area contributed by atoms with E-state index in [1.54, 1.807) is 19.2 Å². The van der Waals surface area contributed by atoms with Crippen molar-refractivity contribution in [3.63, 3.8) is 0 Å². The van der Waals surface area contributed by atoms with Crippen LogP contribution in [-0.2, 0) is 9.53 Å². The molecule has 6 heteroatoms. The molecular weight excluding hydrogens is 310 g/mol. The lowest BCUT2D eigenvalue weighted by Gasteiger charge is -2.39. The first-order valence-corrected chi connectivity index (χ1v) is 8.48. The highest BCUT2D eigenvalue weighted by Crippen LogP contribution is 2.35. The number of carbonyl (C=O) groups is 1. The van der Waals surface area contributed by atoms with Crippen LogP contribution in [-0.4, -0.2) is 61.5 Å². The van der Waals surface area contributed by atoms with Gasteiger partial charge in [0.25, 0.3) is 0 Å². The monoisotopic (exact) mass is 335 g/mol. The average Bonchev–Trinajstić information content (AvgIpc) is 3.10. The summed E-state index contributed by atoms with van der Waals surface area (Å²) in [7, 11) is 1.56. The Kier molecular flexibility index (Phi) is 5.26. The predicted octanol–water partition coefficient (Wildman–Crippen LogP) is 2.03. The van der Waals surface area contributed by atoms with Crippen molar-refractivity contribution < 1.29 is 24.1 Å². The second-order valence-corrected chi connectivity index (χ2v) is 6.58. The number of para-hydroxylation sites is 2. The highest BCUT2D eigenvalue weighted by molar-refractivity contribution is 5.78. The Morgan fingerprint density at radius 1 is 1.33 bits per heavy atom. The molecule has 2 heterocycles. The van der Waals surface area contributed by atoms with Gasteiger partial charge in [0.15, 0.2) is 11.5 Å². The van der Waals surface area contributed by atoms with E-state index in [1.807, 2.05) is 12.1 Å². The van der Waals surface area contributed by atoms with E-state index in [1.165, 1.54) is 0 Å². The molecule has 24 heavy (non-hydrogen) atoms. The molecule has 1 aromatic rings. The lowest BCUT2D eigenvalue weighted by Crippen LogP contribution is -2.53. The molecule has 0 spiro atoms. The lowest BCUT2D eigenvalue weighted by molar-refractivity contribution is -0.160. The number of carboxylic acid groups (broad SMARTS) is 1. The summed E-state index contributed by atoms with van der Waals surface area (Å²) in [5.74, 6) is 0.707. The van der Waals surface area contributed by atoms with Gasteiger partial charge < -0.3 is 24.2 Å². The molecule has 0 unspecified atom stereocenters. The van der Waals surface area contributed by atoms with E-state index in [9.17, 15) is 9.90 Å². The summed E-state index contributed by atoms with van der Waals surface area (Å²) in [6, 6.07) is 7.19. The molecule has 0 amide bonds. The van der Waals surface area contributed by atoms with Crippen molar-refractivity contribution in [1.29, 1.82) is 0 Å². The van der Waals surface area contributed by atoms with E-state index in [2.05, 4.69) is 4.90 Å². The maximum atomic E-state index is 11.9. The molecule has 2 saturated heterocycles. The molecule has 3 rings (SSSR count). The smallest absolute Gasteiger partial charge is 0.348 e. The molecule has 1 aromatic carbocycles. The van der Waals surface area contributed by atoms with E-state index in [0.29, 0.717) is 30.3 Å². The van der Waals surface area contributed by atoms with Gasteiger partial charge in [0.2, 0.25) is 5.60 Å². The van der Waals surface area contributed by atoms with Gasteiger partial charge >= 0.3 is 5.97 Å². The van der Waals surface area contributed by atoms with Crippen LogP contribution in [0.5, 0.6) is 11.5 Å². The SMILES string of the molecule is COc1ccccc1OC1(C(=O)O)CCN(C[C@@H]2CCOC2)CC1. The van der Waals surface area contributed by atoms with Crippen LogP contribution in [0.4, 0.5) is 0 Å².